The highest BCUT2D eigenvalue weighted by atomic mass is 35.5. The zero-order valence-electron chi connectivity index (χ0n) is 19.7. The maximum absolute atomic E-state index is 13.5. The third kappa shape index (κ3) is 7.47. The zero-order chi connectivity index (χ0) is 24.8. The molecule has 0 spiro atoms. The van der Waals surface area contributed by atoms with Gasteiger partial charge in [-0.1, -0.05) is 48.9 Å². The van der Waals surface area contributed by atoms with E-state index in [4.69, 9.17) is 11.6 Å². The molecular formula is C24H32ClN3O4S. The van der Waals surface area contributed by atoms with Crippen molar-refractivity contribution in [2.45, 2.75) is 52.7 Å². The maximum Gasteiger partial charge on any atom is 0.244 e. The van der Waals surface area contributed by atoms with Crippen molar-refractivity contribution in [3.8, 4) is 0 Å². The van der Waals surface area contributed by atoms with E-state index in [0.717, 1.165) is 22.5 Å². The van der Waals surface area contributed by atoms with Crippen molar-refractivity contribution in [1.29, 1.82) is 0 Å². The maximum atomic E-state index is 13.5. The van der Waals surface area contributed by atoms with Gasteiger partial charge in [-0.2, -0.15) is 0 Å². The van der Waals surface area contributed by atoms with Gasteiger partial charge in [0, 0.05) is 17.6 Å². The molecule has 0 saturated carbocycles. The van der Waals surface area contributed by atoms with Crippen LogP contribution in [0.2, 0.25) is 5.02 Å². The van der Waals surface area contributed by atoms with Crippen LogP contribution in [0, 0.1) is 6.92 Å². The van der Waals surface area contributed by atoms with Crippen molar-refractivity contribution < 1.29 is 18.0 Å². The van der Waals surface area contributed by atoms with Gasteiger partial charge in [0.25, 0.3) is 0 Å². The van der Waals surface area contributed by atoms with E-state index in [2.05, 4.69) is 5.32 Å². The summed E-state index contributed by atoms with van der Waals surface area (Å²) in [6.45, 7) is 6.94. The molecule has 7 nitrogen and oxygen atoms in total. The van der Waals surface area contributed by atoms with Gasteiger partial charge in [-0.05, 0) is 56.5 Å². The van der Waals surface area contributed by atoms with E-state index >= 15 is 0 Å². The largest absolute Gasteiger partial charge is 0.352 e. The molecule has 0 bridgehead atoms. The molecule has 2 rings (SSSR count). The normalized spacial score (nSPS) is 13.2. The van der Waals surface area contributed by atoms with Gasteiger partial charge in [-0.25, -0.2) is 8.42 Å². The lowest BCUT2D eigenvalue weighted by molar-refractivity contribution is -0.139. The van der Waals surface area contributed by atoms with Crippen LogP contribution in [0.4, 0.5) is 5.69 Å². The third-order valence-corrected chi connectivity index (χ3v) is 6.95. The molecule has 0 aliphatic heterocycles. The highest BCUT2D eigenvalue weighted by Crippen LogP contribution is 2.22. The van der Waals surface area contributed by atoms with Crippen LogP contribution in [-0.4, -0.2) is 50.0 Å². The molecule has 2 atom stereocenters. The molecule has 0 unspecified atom stereocenters. The number of anilines is 1. The van der Waals surface area contributed by atoms with Crippen LogP contribution < -0.4 is 9.62 Å². The summed E-state index contributed by atoms with van der Waals surface area (Å²) in [4.78, 5) is 27.7. The molecule has 0 aromatic heterocycles. The minimum absolute atomic E-state index is 0.0583. The lowest BCUT2D eigenvalue weighted by Gasteiger charge is -2.32. The summed E-state index contributed by atoms with van der Waals surface area (Å²) in [6.07, 6.45) is 1.80. The summed E-state index contributed by atoms with van der Waals surface area (Å²) in [7, 11) is -3.75. The summed E-state index contributed by atoms with van der Waals surface area (Å²) in [5.41, 5.74) is 1.92. The molecule has 0 heterocycles. The molecule has 0 fully saturated rings. The average Bonchev–Trinajstić information content (AvgIpc) is 2.75. The van der Waals surface area contributed by atoms with Crippen LogP contribution in [0.5, 0.6) is 0 Å². The molecule has 0 saturated heterocycles. The van der Waals surface area contributed by atoms with Crippen molar-refractivity contribution in [1.82, 2.24) is 10.2 Å². The van der Waals surface area contributed by atoms with Gasteiger partial charge in [-0.15, -0.1) is 0 Å². The first-order valence-corrected chi connectivity index (χ1v) is 13.0. The van der Waals surface area contributed by atoms with Crippen molar-refractivity contribution in [3.63, 3.8) is 0 Å². The first-order chi connectivity index (χ1) is 15.4. The van der Waals surface area contributed by atoms with Crippen LogP contribution >= 0.6 is 11.6 Å². The van der Waals surface area contributed by atoms with E-state index in [-0.39, 0.29) is 18.5 Å². The van der Waals surface area contributed by atoms with E-state index in [9.17, 15) is 18.0 Å². The van der Waals surface area contributed by atoms with Gasteiger partial charge in [0.05, 0.1) is 11.9 Å². The number of hydrogen-bond acceptors (Lipinski definition) is 4. The van der Waals surface area contributed by atoms with E-state index in [0.29, 0.717) is 16.3 Å². The Balaban J connectivity index is 2.40. The van der Waals surface area contributed by atoms with Gasteiger partial charge < -0.3 is 10.2 Å². The number of carbonyl (C=O) groups excluding carboxylic acids is 2. The molecule has 2 amide bonds. The van der Waals surface area contributed by atoms with Crippen LogP contribution in [0.3, 0.4) is 0 Å². The Morgan fingerprint density at radius 2 is 1.76 bits per heavy atom. The molecular weight excluding hydrogens is 462 g/mol. The molecule has 1 N–H and O–H groups in total. The van der Waals surface area contributed by atoms with Gasteiger partial charge in [0.2, 0.25) is 21.8 Å². The van der Waals surface area contributed by atoms with Crippen molar-refractivity contribution in [2.75, 3.05) is 17.1 Å². The van der Waals surface area contributed by atoms with Crippen molar-refractivity contribution >= 4 is 39.1 Å². The standard InChI is InChI=1S/C24H32ClN3O4S/c1-6-18(3)26-24(30)19(4)27(15-20-11-7-8-13-22(20)25)23(29)16-28(33(5,31)32)21-12-9-10-17(2)14-21/h7-14,18-19H,6,15-16H2,1-5H3,(H,26,30)/t18-,19+/m1/s1. The number of sulfonamides is 1. The lowest BCUT2D eigenvalue weighted by Crippen LogP contribution is -2.52. The third-order valence-electron chi connectivity index (χ3n) is 5.44. The predicted octanol–water partition coefficient (Wildman–Crippen LogP) is 3.75. The molecule has 0 aliphatic carbocycles. The number of amides is 2. The Labute approximate surface area is 201 Å². The highest BCUT2D eigenvalue weighted by Gasteiger charge is 2.30. The summed E-state index contributed by atoms with van der Waals surface area (Å²) >= 11 is 6.31. The Kier molecular flexibility index (Phi) is 9.31. The molecule has 0 radical (unpaired) electrons. The number of aryl methyl sites for hydroxylation is 1. The van der Waals surface area contributed by atoms with Gasteiger partial charge in [0.1, 0.15) is 12.6 Å². The minimum Gasteiger partial charge on any atom is -0.352 e. The summed E-state index contributed by atoms with van der Waals surface area (Å²) in [5, 5.41) is 3.35. The number of nitrogens with zero attached hydrogens (tertiary/aromatic N) is 2. The smallest absolute Gasteiger partial charge is 0.244 e. The number of halogens is 1. The monoisotopic (exact) mass is 493 g/mol. The Morgan fingerprint density at radius 1 is 1.09 bits per heavy atom. The van der Waals surface area contributed by atoms with Gasteiger partial charge in [-0.3, -0.25) is 13.9 Å². The van der Waals surface area contributed by atoms with Crippen molar-refractivity contribution in [3.05, 3.63) is 64.7 Å². The fourth-order valence-corrected chi connectivity index (χ4v) is 4.29. The van der Waals surface area contributed by atoms with Crippen LogP contribution in [-0.2, 0) is 26.2 Å². The van der Waals surface area contributed by atoms with Crippen LogP contribution in [0.15, 0.2) is 48.5 Å². The fourth-order valence-electron chi connectivity index (χ4n) is 3.26. The number of carbonyl (C=O) groups is 2. The lowest BCUT2D eigenvalue weighted by atomic mass is 10.1. The Bertz CT molecular complexity index is 1090. The zero-order valence-corrected chi connectivity index (χ0v) is 21.3. The van der Waals surface area contributed by atoms with Crippen molar-refractivity contribution in [2.24, 2.45) is 0 Å². The predicted molar refractivity (Wildman–Crippen MR) is 133 cm³/mol. The Morgan fingerprint density at radius 3 is 2.33 bits per heavy atom. The molecule has 2 aromatic rings. The minimum atomic E-state index is -3.75. The Hall–Kier alpha value is -2.58. The average molecular weight is 494 g/mol. The fraction of sp³-hybridized carbons (Fsp3) is 0.417. The van der Waals surface area contributed by atoms with E-state index in [1.807, 2.05) is 26.8 Å². The first-order valence-electron chi connectivity index (χ1n) is 10.8. The first kappa shape index (κ1) is 26.7. The second-order valence-electron chi connectivity index (χ2n) is 8.22. The molecule has 2 aromatic carbocycles. The molecule has 180 valence electrons. The second kappa shape index (κ2) is 11.5. The van der Waals surface area contributed by atoms with E-state index in [1.165, 1.54) is 4.90 Å². The van der Waals surface area contributed by atoms with Crippen LogP contribution in [0.1, 0.15) is 38.3 Å². The SMILES string of the molecule is CC[C@@H](C)NC(=O)[C@H](C)N(Cc1ccccc1Cl)C(=O)CN(c1cccc(C)c1)S(C)(=O)=O. The topological polar surface area (TPSA) is 86.8 Å². The van der Waals surface area contributed by atoms with E-state index in [1.54, 1.807) is 49.4 Å². The van der Waals surface area contributed by atoms with Crippen LogP contribution in [0.25, 0.3) is 0 Å². The van der Waals surface area contributed by atoms with Gasteiger partial charge >= 0.3 is 0 Å². The molecule has 0 aliphatic rings. The highest BCUT2D eigenvalue weighted by molar-refractivity contribution is 7.92. The summed E-state index contributed by atoms with van der Waals surface area (Å²) < 4.78 is 26.2. The number of benzene rings is 2. The molecule has 9 heteroatoms. The molecule has 33 heavy (non-hydrogen) atoms. The van der Waals surface area contributed by atoms with Gasteiger partial charge in [0.15, 0.2) is 0 Å². The number of nitrogens with one attached hydrogen (secondary N) is 1. The summed E-state index contributed by atoms with van der Waals surface area (Å²) in [5.74, 6) is -0.820. The number of rotatable bonds is 10. The quantitative estimate of drug-likeness (QED) is 0.546. The van der Waals surface area contributed by atoms with E-state index < -0.39 is 28.5 Å². The second-order valence-corrected chi connectivity index (χ2v) is 10.5. The number of hydrogen-bond donors (Lipinski definition) is 1. The summed E-state index contributed by atoms with van der Waals surface area (Å²) in [6, 6.07) is 13.1.